The fourth-order valence-electron chi connectivity index (χ4n) is 9.63. The Kier molecular flexibility index (Phi) is 55.0. The van der Waals surface area contributed by atoms with Crippen LogP contribution in [0.3, 0.4) is 0 Å². The zero-order valence-electron chi connectivity index (χ0n) is 46.6. The predicted molar refractivity (Wildman–Crippen MR) is 293 cm³/mol. The highest BCUT2D eigenvalue weighted by Crippen LogP contribution is 2.18. The maximum atomic E-state index is 12.9. The van der Waals surface area contributed by atoms with Crippen molar-refractivity contribution in [3.05, 3.63) is 0 Å². The van der Waals surface area contributed by atoms with Crippen molar-refractivity contribution in [2.24, 2.45) is 5.92 Å². The van der Waals surface area contributed by atoms with Gasteiger partial charge in [-0.25, -0.2) is 0 Å². The summed E-state index contributed by atoms with van der Waals surface area (Å²) in [6.07, 6.45) is 62.4. The molecule has 0 aliphatic rings. The number of carbonyl (C=O) groups excluding carboxylic acids is 3. The fraction of sp³-hybridized carbons (Fsp3) is 0.952. The number of rotatable bonds is 57. The summed E-state index contributed by atoms with van der Waals surface area (Å²) in [5.41, 5.74) is 0. The minimum Gasteiger partial charge on any atom is -0.462 e. The molecule has 1 atom stereocenters. The van der Waals surface area contributed by atoms with E-state index in [0.29, 0.717) is 19.3 Å². The average Bonchev–Trinajstić information content (AvgIpc) is 3.32. The Morgan fingerprint density at radius 1 is 0.279 bits per heavy atom. The first-order valence-electron chi connectivity index (χ1n) is 30.9. The van der Waals surface area contributed by atoms with Crippen LogP contribution in [0, 0.1) is 5.92 Å². The molecule has 0 N–H and O–H groups in total. The molecule has 404 valence electrons. The van der Waals surface area contributed by atoms with Crippen molar-refractivity contribution in [1.82, 2.24) is 0 Å². The van der Waals surface area contributed by atoms with Gasteiger partial charge in [0, 0.05) is 19.3 Å². The van der Waals surface area contributed by atoms with E-state index in [1.54, 1.807) is 0 Å². The van der Waals surface area contributed by atoms with Crippen LogP contribution in [-0.4, -0.2) is 37.2 Å². The summed E-state index contributed by atoms with van der Waals surface area (Å²) in [6, 6.07) is 0. The van der Waals surface area contributed by atoms with Crippen molar-refractivity contribution in [2.75, 3.05) is 13.2 Å². The third kappa shape index (κ3) is 55.3. The minimum atomic E-state index is -0.762. The lowest BCUT2D eigenvalue weighted by atomic mass is 10.0. The Labute approximate surface area is 425 Å². The summed E-state index contributed by atoms with van der Waals surface area (Å²) < 4.78 is 16.9. The van der Waals surface area contributed by atoms with Gasteiger partial charge in [-0.05, 0) is 25.2 Å². The van der Waals surface area contributed by atoms with E-state index in [9.17, 15) is 14.4 Å². The summed E-state index contributed by atoms with van der Waals surface area (Å²) in [7, 11) is 0. The van der Waals surface area contributed by atoms with E-state index in [1.165, 1.54) is 250 Å². The van der Waals surface area contributed by atoms with Crippen LogP contribution in [-0.2, 0) is 28.6 Å². The Morgan fingerprint density at radius 2 is 0.485 bits per heavy atom. The first-order valence-corrected chi connectivity index (χ1v) is 30.9. The third-order valence-corrected chi connectivity index (χ3v) is 14.3. The van der Waals surface area contributed by atoms with Crippen LogP contribution < -0.4 is 0 Å². The molecule has 0 fully saturated rings. The predicted octanol–water partition coefficient (Wildman–Crippen LogP) is 20.6. The van der Waals surface area contributed by atoms with Gasteiger partial charge in [-0.2, -0.15) is 0 Å². The van der Waals surface area contributed by atoms with Gasteiger partial charge >= 0.3 is 17.9 Å². The van der Waals surface area contributed by atoms with Crippen LogP contribution in [0.4, 0.5) is 0 Å². The van der Waals surface area contributed by atoms with Gasteiger partial charge in [0.2, 0.25) is 0 Å². The Bertz CT molecular complexity index is 1030. The second kappa shape index (κ2) is 56.3. The molecule has 0 aromatic carbocycles. The molecule has 0 unspecified atom stereocenters. The van der Waals surface area contributed by atoms with Crippen molar-refractivity contribution in [2.45, 2.75) is 361 Å². The van der Waals surface area contributed by atoms with Crippen molar-refractivity contribution in [3.63, 3.8) is 0 Å². The first-order chi connectivity index (χ1) is 33.4. The van der Waals surface area contributed by atoms with Gasteiger partial charge in [-0.3, -0.25) is 14.4 Å². The summed E-state index contributed by atoms with van der Waals surface area (Å²) >= 11 is 0. The van der Waals surface area contributed by atoms with Gasteiger partial charge < -0.3 is 14.2 Å². The minimum absolute atomic E-state index is 0.0613. The van der Waals surface area contributed by atoms with Crippen molar-refractivity contribution < 1.29 is 28.6 Å². The molecule has 0 aliphatic heterocycles. The largest absolute Gasteiger partial charge is 0.462 e. The van der Waals surface area contributed by atoms with Crippen LogP contribution in [0.25, 0.3) is 0 Å². The van der Waals surface area contributed by atoms with Crippen LogP contribution >= 0.6 is 0 Å². The topological polar surface area (TPSA) is 78.9 Å². The molecule has 0 heterocycles. The van der Waals surface area contributed by atoms with Crippen molar-refractivity contribution in [1.29, 1.82) is 0 Å². The van der Waals surface area contributed by atoms with E-state index in [2.05, 4.69) is 27.7 Å². The van der Waals surface area contributed by atoms with E-state index < -0.39 is 6.10 Å². The van der Waals surface area contributed by atoms with E-state index >= 15 is 0 Å². The molecule has 0 aromatic rings. The third-order valence-electron chi connectivity index (χ3n) is 14.3. The number of esters is 3. The standard InChI is InChI=1S/C62H120O6/c1-5-7-9-11-13-15-17-19-21-22-23-25-31-35-39-43-47-51-55-62(65)68-59(56-66-60(63)53-49-45-41-37-33-29-24-20-18-16-14-12-10-8-6-2)57-67-61(64)54-50-46-42-38-34-30-27-26-28-32-36-40-44-48-52-58(3)4/h58-59H,5-57H2,1-4H3/t59-/m0/s1. The number of ether oxygens (including phenoxy) is 3. The van der Waals surface area contributed by atoms with Gasteiger partial charge in [0.1, 0.15) is 13.2 Å². The van der Waals surface area contributed by atoms with Crippen LogP contribution in [0.2, 0.25) is 0 Å². The molecule has 0 radical (unpaired) electrons. The molecule has 0 saturated heterocycles. The highest BCUT2D eigenvalue weighted by molar-refractivity contribution is 5.71. The normalized spacial score (nSPS) is 12.0. The lowest BCUT2D eigenvalue weighted by molar-refractivity contribution is -0.167. The maximum Gasteiger partial charge on any atom is 0.306 e. The van der Waals surface area contributed by atoms with E-state index in [0.717, 1.165) is 63.7 Å². The summed E-state index contributed by atoms with van der Waals surface area (Å²) in [6.45, 7) is 9.08. The lowest BCUT2D eigenvalue weighted by Crippen LogP contribution is -2.30. The van der Waals surface area contributed by atoms with E-state index in [-0.39, 0.29) is 31.1 Å². The Balaban J connectivity index is 4.29. The number of unbranched alkanes of at least 4 members (excludes halogenated alkanes) is 44. The number of carbonyl (C=O) groups is 3. The molecule has 0 bridgehead atoms. The highest BCUT2D eigenvalue weighted by Gasteiger charge is 2.19. The highest BCUT2D eigenvalue weighted by atomic mass is 16.6. The summed E-state index contributed by atoms with van der Waals surface area (Å²) in [4.78, 5) is 38.2. The van der Waals surface area contributed by atoms with Gasteiger partial charge in [0.15, 0.2) is 6.10 Å². The molecular formula is C62H120O6. The first kappa shape index (κ1) is 66.4. The smallest absolute Gasteiger partial charge is 0.306 e. The lowest BCUT2D eigenvalue weighted by Gasteiger charge is -2.18. The summed E-state index contributed by atoms with van der Waals surface area (Å²) in [5, 5.41) is 0. The number of hydrogen-bond acceptors (Lipinski definition) is 6. The van der Waals surface area contributed by atoms with Crippen LogP contribution in [0.5, 0.6) is 0 Å². The monoisotopic (exact) mass is 961 g/mol. The fourth-order valence-corrected chi connectivity index (χ4v) is 9.63. The zero-order valence-corrected chi connectivity index (χ0v) is 46.6. The van der Waals surface area contributed by atoms with Crippen molar-refractivity contribution >= 4 is 17.9 Å². The van der Waals surface area contributed by atoms with Crippen LogP contribution in [0.1, 0.15) is 355 Å². The molecule has 6 nitrogen and oxygen atoms in total. The SMILES string of the molecule is CCCCCCCCCCCCCCCCCCCCC(=O)O[C@@H](COC(=O)CCCCCCCCCCCCCCCCC)COC(=O)CCCCCCCCCCCCCCCCC(C)C. The zero-order chi connectivity index (χ0) is 49.5. The van der Waals surface area contributed by atoms with Gasteiger partial charge in [0.05, 0.1) is 0 Å². The van der Waals surface area contributed by atoms with E-state index in [4.69, 9.17) is 14.2 Å². The van der Waals surface area contributed by atoms with Gasteiger partial charge in [0.25, 0.3) is 0 Å². The van der Waals surface area contributed by atoms with E-state index in [1.807, 2.05) is 0 Å². The molecular weight excluding hydrogens is 841 g/mol. The van der Waals surface area contributed by atoms with Gasteiger partial charge in [-0.1, -0.05) is 317 Å². The van der Waals surface area contributed by atoms with Crippen LogP contribution in [0.15, 0.2) is 0 Å². The van der Waals surface area contributed by atoms with Crippen molar-refractivity contribution in [3.8, 4) is 0 Å². The molecule has 0 aromatic heterocycles. The second-order valence-electron chi connectivity index (χ2n) is 21.8. The Hall–Kier alpha value is -1.59. The maximum absolute atomic E-state index is 12.9. The summed E-state index contributed by atoms with van der Waals surface area (Å²) in [5.74, 6) is 0.0151. The molecule has 6 heteroatoms. The molecule has 0 aliphatic carbocycles. The molecule has 0 saturated carbocycles. The molecule has 0 amide bonds. The Morgan fingerprint density at radius 3 is 0.721 bits per heavy atom. The molecule has 0 rings (SSSR count). The second-order valence-corrected chi connectivity index (χ2v) is 21.8. The average molecular weight is 962 g/mol. The molecule has 68 heavy (non-hydrogen) atoms. The number of hydrogen-bond donors (Lipinski definition) is 0. The quantitative estimate of drug-likeness (QED) is 0.0343. The van der Waals surface area contributed by atoms with Gasteiger partial charge in [-0.15, -0.1) is 0 Å². The molecule has 0 spiro atoms.